The molecule has 0 aromatic heterocycles. The highest BCUT2D eigenvalue weighted by Crippen LogP contribution is 2.23. The van der Waals surface area contributed by atoms with E-state index in [0.717, 1.165) is 17.8 Å². The van der Waals surface area contributed by atoms with Crippen LogP contribution in [0.1, 0.15) is 60.3 Å². The van der Waals surface area contributed by atoms with Crippen molar-refractivity contribution in [2.75, 3.05) is 13.1 Å². The van der Waals surface area contributed by atoms with E-state index in [1.165, 1.54) is 38.8 Å². The standard InChI is InChI=1S/C14H31N/c1-6-9-15-11-13(5)12(4)10-14(7-2)8-3/h12-15H,6-11H2,1-5H3. The van der Waals surface area contributed by atoms with Crippen LogP contribution < -0.4 is 5.32 Å². The van der Waals surface area contributed by atoms with Crippen LogP contribution in [0.4, 0.5) is 0 Å². The van der Waals surface area contributed by atoms with Crippen LogP contribution in [0.2, 0.25) is 0 Å². The summed E-state index contributed by atoms with van der Waals surface area (Å²) in [5.74, 6) is 2.62. The summed E-state index contributed by atoms with van der Waals surface area (Å²) in [4.78, 5) is 0. The molecule has 0 rings (SSSR count). The first-order chi connectivity index (χ1) is 7.15. The minimum Gasteiger partial charge on any atom is -0.316 e. The Kier molecular flexibility index (Phi) is 9.18. The Bertz CT molecular complexity index is 129. The molecule has 0 aliphatic carbocycles. The van der Waals surface area contributed by atoms with Gasteiger partial charge in [0.15, 0.2) is 0 Å². The molecule has 15 heavy (non-hydrogen) atoms. The van der Waals surface area contributed by atoms with E-state index in [-0.39, 0.29) is 0 Å². The van der Waals surface area contributed by atoms with Crippen molar-refractivity contribution in [1.82, 2.24) is 5.32 Å². The lowest BCUT2D eigenvalue weighted by atomic mass is 9.84. The molecular formula is C14H31N. The van der Waals surface area contributed by atoms with Gasteiger partial charge in [0.2, 0.25) is 0 Å². The second-order valence-corrected chi connectivity index (χ2v) is 5.08. The molecule has 0 aromatic rings. The molecule has 1 N–H and O–H groups in total. The third-order valence-corrected chi connectivity index (χ3v) is 3.72. The van der Waals surface area contributed by atoms with Crippen molar-refractivity contribution in [3.63, 3.8) is 0 Å². The fourth-order valence-corrected chi connectivity index (χ4v) is 2.09. The Morgan fingerprint density at radius 1 is 0.933 bits per heavy atom. The average molecular weight is 213 g/mol. The molecule has 2 unspecified atom stereocenters. The summed E-state index contributed by atoms with van der Waals surface area (Å²) >= 11 is 0. The Morgan fingerprint density at radius 3 is 2.00 bits per heavy atom. The number of hydrogen-bond acceptors (Lipinski definition) is 1. The van der Waals surface area contributed by atoms with Gasteiger partial charge in [-0.2, -0.15) is 0 Å². The second kappa shape index (κ2) is 9.21. The van der Waals surface area contributed by atoms with Gasteiger partial charge in [0.05, 0.1) is 0 Å². The molecule has 0 aliphatic heterocycles. The van der Waals surface area contributed by atoms with Gasteiger partial charge < -0.3 is 5.32 Å². The molecule has 0 heterocycles. The van der Waals surface area contributed by atoms with Crippen molar-refractivity contribution in [3.8, 4) is 0 Å². The van der Waals surface area contributed by atoms with Crippen LogP contribution in [0.5, 0.6) is 0 Å². The highest BCUT2D eigenvalue weighted by atomic mass is 14.8. The predicted molar refractivity (Wildman–Crippen MR) is 70.2 cm³/mol. The van der Waals surface area contributed by atoms with Crippen LogP contribution in [-0.4, -0.2) is 13.1 Å². The van der Waals surface area contributed by atoms with Crippen molar-refractivity contribution in [3.05, 3.63) is 0 Å². The van der Waals surface area contributed by atoms with Crippen molar-refractivity contribution >= 4 is 0 Å². The first kappa shape index (κ1) is 15.0. The van der Waals surface area contributed by atoms with Crippen LogP contribution in [-0.2, 0) is 0 Å². The zero-order valence-electron chi connectivity index (χ0n) is 11.5. The maximum Gasteiger partial charge on any atom is -0.00206 e. The minimum atomic E-state index is 0.817. The third-order valence-electron chi connectivity index (χ3n) is 3.72. The van der Waals surface area contributed by atoms with Gasteiger partial charge in [0.25, 0.3) is 0 Å². The Hall–Kier alpha value is -0.0400. The lowest BCUT2D eigenvalue weighted by Gasteiger charge is -2.24. The normalized spacial score (nSPS) is 15.6. The van der Waals surface area contributed by atoms with Gasteiger partial charge in [0.1, 0.15) is 0 Å². The van der Waals surface area contributed by atoms with E-state index in [1.54, 1.807) is 0 Å². The van der Waals surface area contributed by atoms with Crippen LogP contribution in [0.25, 0.3) is 0 Å². The Morgan fingerprint density at radius 2 is 1.53 bits per heavy atom. The van der Waals surface area contributed by atoms with E-state index in [1.807, 2.05) is 0 Å². The molecule has 1 heteroatoms. The molecule has 0 aromatic carbocycles. The van der Waals surface area contributed by atoms with E-state index in [0.29, 0.717) is 0 Å². The maximum absolute atomic E-state index is 3.53. The van der Waals surface area contributed by atoms with Gasteiger partial charge >= 0.3 is 0 Å². The molecule has 0 radical (unpaired) electrons. The van der Waals surface area contributed by atoms with Gasteiger partial charge in [-0.1, -0.05) is 47.5 Å². The van der Waals surface area contributed by atoms with E-state index < -0.39 is 0 Å². The van der Waals surface area contributed by atoms with E-state index in [4.69, 9.17) is 0 Å². The highest BCUT2D eigenvalue weighted by molar-refractivity contribution is 4.68. The second-order valence-electron chi connectivity index (χ2n) is 5.08. The lowest BCUT2D eigenvalue weighted by Crippen LogP contribution is -2.26. The van der Waals surface area contributed by atoms with Gasteiger partial charge in [0, 0.05) is 0 Å². The quantitative estimate of drug-likeness (QED) is 0.569. The number of nitrogens with one attached hydrogen (secondary N) is 1. The zero-order valence-corrected chi connectivity index (χ0v) is 11.5. The predicted octanol–water partition coefficient (Wildman–Crippen LogP) is 4.08. The van der Waals surface area contributed by atoms with Crippen LogP contribution in [0.15, 0.2) is 0 Å². The summed E-state index contributed by atoms with van der Waals surface area (Å²) in [6.07, 6.45) is 5.33. The smallest absolute Gasteiger partial charge is 0.00206 e. The summed E-state index contributed by atoms with van der Waals surface area (Å²) in [7, 11) is 0. The van der Waals surface area contributed by atoms with Gasteiger partial charge in [-0.3, -0.25) is 0 Å². The molecule has 0 fully saturated rings. The van der Waals surface area contributed by atoms with Gasteiger partial charge in [-0.15, -0.1) is 0 Å². The molecule has 92 valence electrons. The van der Waals surface area contributed by atoms with Crippen molar-refractivity contribution < 1.29 is 0 Å². The van der Waals surface area contributed by atoms with Crippen LogP contribution >= 0.6 is 0 Å². The van der Waals surface area contributed by atoms with Crippen LogP contribution in [0, 0.1) is 17.8 Å². The van der Waals surface area contributed by atoms with Crippen molar-refractivity contribution in [1.29, 1.82) is 0 Å². The fraction of sp³-hybridized carbons (Fsp3) is 1.00. The molecule has 0 saturated heterocycles. The Labute approximate surface area is 97.0 Å². The van der Waals surface area contributed by atoms with Gasteiger partial charge in [-0.25, -0.2) is 0 Å². The zero-order chi connectivity index (χ0) is 11.7. The summed E-state index contributed by atoms with van der Waals surface area (Å²) in [6, 6.07) is 0. The molecule has 1 nitrogen and oxygen atoms in total. The molecule has 0 amide bonds. The SMILES string of the molecule is CCCNCC(C)C(C)CC(CC)CC. The van der Waals surface area contributed by atoms with Crippen molar-refractivity contribution in [2.24, 2.45) is 17.8 Å². The molecule has 0 spiro atoms. The average Bonchev–Trinajstić information content (AvgIpc) is 2.25. The van der Waals surface area contributed by atoms with E-state index in [2.05, 4.69) is 39.9 Å². The lowest BCUT2D eigenvalue weighted by molar-refractivity contribution is 0.285. The highest BCUT2D eigenvalue weighted by Gasteiger charge is 2.15. The molecule has 2 atom stereocenters. The fourth-order valence-electron chi connectivity index (χ4n) is 2.09. The molecule has 0 bridgehead atoms. The number of rotatable bonds is 9. The van der Waals surface area contributed by atoms with Gasteiger partial charge in [-0.05, 0) is 43.7 Å². The third kappa shape index (κ3) is 6.94. The maximum atomic E-state index is 3.53. The first-order valence-corrected chi connectivity index (χ1v) is 6.86. The van der Waals surface area contributed by atoms with Crippen LogP contribution in [0.3, 0.4) is 0 Å². The summed E-state index contributed by atoms with van der Waals surface area (Å²) in [6.45, 7) is 14.0. The topological polar surface area (TPSA) is 12.0 Å². The summed E-state index contributed by atoms with van der Waals surface area (Å²) in [5, 5.41) is 3.53. The Balaban J connectivity index is 3.71. The minimum absolute atomic E-state index is 0.817. The largest absolute Gasteiger partial charge is 0.316 e. The van der Waals surface area contributed by atoms with E-state index >= 15 is 0 Å². The molecular weight excluding hydrogens is 182 g/mol. The summed E-state index contributed by atoms with van der Waals surface area (Å²) < 4.78 is 0. The van der Waals surface area contributed by atoms with E-state index in [9.17, 15) is 0 Å². The first-order valence-electron chi connectivity index (χ1n) is 6.86. The summed E-state index contributed by atoms with van der Waals surface area (Å²) in [5.41, 5.74) is 0. The van der Waals surface area contributed by atoms with Crippen molar-refractivity contribution in [2.45, 2.75) is 60.3 Å². The monoisotopic (exact) mass is 213 g/mol. The molecule has 0 aliphatic rings. The molecule has 0 saturated carbocycles. The number of hydrogen-bond donors (Lipinski definition) is 1.